The number of nitro groups is 1. The molecule has 6 heteroatoms. The monoisotopic (exact) mass is 292 g/mol. The lowest BCUT2D eigenvalue weighted by Crippen LogP contribution is -2.31. The fraction of sp³-hybridized carbons (Fsp3) is 0.800. The van der Waals surface area contributed by atoms with Crippen LogP contribution in [-0.4, -0.2) is 20.7 Å². The molecule has 2 saturated carbocycles. The van der Waals surface area contributed by atoms with Gasteiger partial charge in [0.1, 0.15) is 5.69 Å². The summed E-state index contributed by atoms with van der Waals surface area (Å²) in [5, 5.41) is 19.0. The first kappa shape index (κ1) is 14.4. The second-order valence-electron chi connectivity index (χ2n) is 6.63. The molecule has 1 N–H and O–H groups in total. The average molecular weight is 292 g/mol. The quantitative estimate of drug-likeness (QED) is 0.667. The molecule has 0 amide bonds. The molecule has 1 heterocycles. The van der Waals surface area contributed by atoms with E-state index in [1.165, 1.54) is 25.7 Å². The lowest BCUT2D eigenvalue weighted by Gasteiger charge is -2.29. The van der Waals surface area contributed by atoms with E-state index in [1.807, 2.05) is 6.92 Å². The van der Waals surface area contributed by atoms with Crippen LogP contribution in [0.4, 0.5) is 11.5 Å². The van der Waals surface area contributed by atoms with E-state index in [1.54, 1.807) is 11.6 Å². The molecule has 2 aliphatic carbocycles. The third-order valence-electron chi connectivity index (χ3n) is 5.38. The predicted molar refractivity (Wildman–Crippen MR) is 81.3 cm³/mol. The summed E-state index contributed by atoms with van der Waals surface area (Å²) < 4.78 is 1.72. The van der Waals surface area contributed by atoms with Crippen molar-refractivity contribution in [2.75, 3.05) is 5.32 Å². The summed E-state index contributed by atoms with van der Waals surface area (Å²) in [5.41, 5.74) is 0.622. The molecular weight excluding hydrogens is 268 g/mol. The van der Waals surface area contributed by atoms with Crippen molar-refractivity contribution in [1.82, 2.24) is 9.78 Å². The van der Waals surface area contributed by atoms with Crippen LogP contribution in [0.3, 0.4) is 0 Å². The lowest BCUT2D eigenvalue weighted by atomic mass is 9.84. The van der Waals surface area contributed by atoms with Crippen molar-refractivity contribution in [3.05, 3.63) is 15.8 Å². The average Bonchev–Trinajstić information content (AvgIpc) is 3.12. The number of anilines is 1. The van der Waals surface area contributed by atoms with E-state index in [-0.39, 0.29) is 16.7 Å². The fourth-order valence-electron chi connectivity index (χ4n) is 4.39. The van der Waals surface area contributed by atoms with E-state index in [0.717, 1.165) is 11.8 Å². The topological polar surface area (TPSA) is 73.0 Å². The van der Waals surface area contributed by atoms with Gasteiger partial charge in [0.2, 0.25) is 5.82 Å². The number of hydrogen-bond acceptors (Lipinski definition) is 4. The molecule has 4 atom stereocenters. The van der Waals surface area contributed by atoms with E-state index in [9.17, 15) is 10.1 Å². The Labute approximate surface area is 125 Å². The van der Waals surface area contributed by atoms with E-state index in [0.29, 0.717) is 24.0 Å². The molecule has 1 aromatic rings. The highest BCUT2D eigenvalue weighted by Gasteiger charge is 2.42. The van der Waals surface area contributed by atoms with Gasteiger partial charge in [0.05, 0.1) is 4.92 Å². The molecule has 0 radical (unpaired) electrons. The summed E-state index contributed by atoms with van der Waals surface area (Å²) in [6.45, 7) is 6.47. The van der Waals surface area contributed by atoms with Crippen LogP contribution < -0.4 is 5.32 Å². The summed E-state index contributed by atoms with van der Waals surface area (Å²) in [4.78, 5) is 11.0. The van der Waals surface area contributed by atoms with Gasteiger partial charge in [-0.25, -0.2) is 4.68 Å². The molecule has 116 valence electrons. The van der Waals surface area contributed by atoms with Gasteiger partial charge in [0.25, 0.3) is 0 Å². The Hall–Kier alpha value is -1.59. The van der Waals surface area contributed by atoms with Crippen molar-refractivity contribution in [1.29, 1.82) is 0 Å². The minimum atomic E-state index is -0.315. The van der Waals surface area contributed by atoms with Gasteiger partial charge in [0, 0.05) is 12.6 Å². The first-order valence-corrected chi connectivity index (χ1v) is 7.99. The number of aromatic nitrogens is 2. The summed E-state index contributed by atoms with van der Waals surface area (Å²) in [7, 11) is 0. The van der Waals surface area contributed by atoms with Crippen LogP contribution in [0.1, 0.15) is 45.2 Å². The fourth-order valence-corrected chi connectivity index (χ4v) is 4.39. The molecule has 21 heavy (non-hydrogen) atoms. The number of fused-ring (bicyclic) bond motifs is 2. The van der Waals surface area contributed by atoms with Crippen molar-refractivity contribution in [3.63, 3.8) is 0 Å². The van der Waals surface area contributed by atoms with E-state index >= 15 is 0 Å². The van der Waals surface area contributed by atoms with Crippen LogP contribution >= 0.6 is 0 Å². The Balaban J connectivity index is 1.82. The second kappa shape index (κ2) is 5.31. The largest absolute Gasteiger partial charge is 0.362 e. The lowest BCUT2D eigenvalue weighted by molar-refractivity contribution is -0.384. The Bertz CT molecular complexity index is 554. The molecule has 0 aliphatic heterocycles. The maximum Gasteiger partial charge on any atom is 0.333 e. The van der Waals surface area contributed by atoms with Gasteiger partial charge in [-0.05, 0) is 57.8 Å². The molecule has 1 aromatic heterocycles. The van der Waals surface area contributed by atoms with Gasteiger partial charge in [-0.3, -0.25) is 10.1 Å². The number of aryl methyl sites for hydroxylation is 2. The van der Waals surface area contributed by atoms with Crippen molar-refractivity contribution in [2.45, 2.75) is 59.0 Å². The molecular formula is C15H24N4O2. The van der Waals surface area contributed by atoms with E-state index in [2.05, 4.69) is 17.3 Å². The number of nitrogens with one attached hydrogen (secondary N) is 1. The SMILES string of the molecule is CCn1nc(C)c([N+](=O)[O-])c1NC(C)C1CC2CCC1C2. The first-order valence-electron chi connectivity index (χ1n) is 7.99. The molecule has 6 nitrogen and oxygen atoms in total. The van der Waals surface area contributed by atoms with Crippen LogP contribution in [0, 0.1) is 34.8 Å². The van der Waals surface area contributed by atoms with Crippen LogP contribution in [0.2, 0.25) is 0 Å². The summed E-state index contributed by atoms with van der Waals surface area (Å²) in [6.07, 6.45) is 5.33. The van der Waals surface area contributed by atoms with Crippen molar-refractivity contribution >= 4 is 11.5 Å². The summed E-state index contributed by atoms with van der Waals surface area (Å²) in [5.74, 6) is 2.91. The highest BCUT2D eigenvalue weighted by Crippen LogP contribution is 2.50. The Morgan fingerprint density at radius 1 is 1.48 bits per heavy atom. The molecule has 2 aliphatic rings. The van der Waals surface area contributed by atoms with Crippen LogP contribution in [0.5, 0.6) is 0 Å². The molecule has 0 aromatic carbocycles. The van der Waals surface area contributed by atoms with Gasteiger partial charge < -0.3 is 5.32 Å². The Morgan fingerprint density at radius 3 is 2.76 bits per heavy atom. The zero-order chi connectivity index (χ0) is 15.1. The molecule has 0 spiro atoms. The molecule has 0 saturated heterocycles. The third-order valence-corrected chi connectivity index (χ3v) is 5.38. The molecule has 4 unspecified atom stereocenters. The summed E-state index contributed by atoms with van der Waals surface area (Å²) >= 11 is 0. The van der Waals surface area contributed by atoms with Crippen LogP contribution in [-0.2, 0) is 6.54 Å². The standard InChI is InChI=1S/C15H24N4O2/c1-4-18-15(14(19(20)21)10(3)17-18)16-9(2)13-8-11-5-6-12(13)7-11/h9,11-13,16H,4-8H2,1-3H3. The third kappa shape index (κ3) is 2.40. The molecule has 2 bridgehead atoms. The Morgan fingerprint density at radius 2 is 2.24 bits per heavy atom. The van der Waals surface area contributed by atoms with E-state index < -0.39 is 0 Å². The minimum Gasteiger partial charge on any atom is -0.362 e. The van der Waals surface area contributed by atoms with Crippen molar-refractivity contribution in [2.24, 2.45) is 17.8 Å². The highest BCUT2D eigenvalue weighted by atomic mass is 16.6. The number of rotatable bonds is 5. The van der Waals surface area contributed by atoms with Crippen LogP contribution in [0.15, 0.2) is 0 Å². The summed E-state index contributed by atoms with van der Waals surface area (Å²) in [6, 6.07) is 0.264. The predicted octanol–water partition coefficient (Wildman–Crippen LogP) is 3.36. The van der Waals surface area contributed by atoms with Gasteiger partial charge >= 0.3 is 5.69 Å². The Kier molecular flexibility index (Phi) is 3.63. The van der Waals surface area contributed by atoms with Gasteiger partial charge in [-0.1, -0.05) is 6.42 Å². The van der Waals surface area contributed by atoms with Gasteiger partial charge in [0.15, 0.2) is 0 Å². The zero-order valence-corrected chi connectivity index (χ0v) is 13.0. The van der Waals surface area contributed by atoms with Gasteiger partial charge in [-0.15, -0.1) is 0 Å². The maximum atomic E-state index is 11.3. The van der Waals surface area contributed by atoms with Crippen LogP contribution in [0.25, 0.3) is 0 Å². The number of nitrogens with zero attached hydrogens (tertiary/aromatic N) is 3. The maximum absolute atomic E-state index is 11.3. The van der Waals surface area contributed by atoms with E-state index in [4.69, 9.17) is 0 Å². The smallest absolute Gasteiger partial charge is 0.333 e. The highest BCUT2D eigenvalue weighted by molar-refractivity contribution is 5.60. The zero-order valence-electron chi connectivity index (χ0n) is 13.0. The van der Waals surface area contributed by atoms with Gasteiger partial charge in [-0.2, -0.15) is 5.10 Å². The second-order valence-corrected chi connectivity index (χ2v) is 6.63. The minimum absolute atomic E-state index is 0.131. The number of hydrogen-bond donors (Lipinski definition) is 1. The molecule has 3 rings (SSSR count). The normalized spacial score (nSPS) is 28.8. The molecule has 2 fully saturated rings. The van der Waals surface area contributed by atoms with Crippen molar-refractivity contribution in [3.8, 4) is 0 Å². The van der Waals surface area contributed by atoms with Crippen molar-refractivity contribution < 1.29 is 4.92 Å². The first-order chi connectivity index (χ1) is 10.0.